The summed E-state index contributed by atoms with van der Waals surface area (Å²) < 4.78 is 5.41. The Balaban J connectivity index is 1.72. The quantitative estimate of drug-likeness (QED) is 0.733. The average Bonchev–Trinajstić information content (AvgIpc) is 2.78. The second-order valence-corrected chi connectivity index (χ2v) is 7.74. The highest BCUT2D eigenvalue weighted by molar-refractivity contribution is 6.05. The molecule has 1 amide bonds. The van der Waals surface area contributed by atoms with E-state index in [9.17, 15) is 9.59 Å². The smallest absolute Gasteiger partial charge is 0.410 e. The van der Waals surface area contributed by atoms with E-state index in [1.807, 2.05) is 26.8 Å². The Hall–Kier alpha value is -2.35. The Labute approximate surface area is 142 Å². The largest absolute Gasteiger partial charge is 0.444 e. The van der Waals surface area contributed by atoms with Crippen LogP contribution >= 0.6 is 0 Å². The molecule has 1 fully saturated rings. The van der Waals surface area contributed by atoms with E-state index in [0.717, 1.165) is 5.56 Å². The van der Waals surface area contributed by atoms with E-state index in [1.165, 1.54) is 0 Å². The molecule has 3 rings (SSSR count). The summed E-state index contributed by atoms with van der Waals surface area (Å²) in [5.74, 6) is 0.124. The Morgan fingerprint density at radius 2 is 1.96 bits per heavy atom. The predicted molar refractivity (Wildman–Crippen MR) is 88.7 cm³/mol. The van der Waals surface area contributed by atoms with E-state index in [4.69, 9.17) is 10.00 Å². The van der Waals surface area contributed by atoms with Crippen LogP contribution in [0.25, 0.3) is 0 Å². The van der Waals surface area contributed by atoms with Gasteiger partial charge in [0.2, 0.25) is 0 Å². The van der Waals surface area contributed by atoms with Crippen LogP contribution in [0.2, 0.25) is 0 Å². The lowest BCUT2D eigenvalue weighted by Crippen LogP contribution is -2.47. The monoisotopic (exact) mass is 326 g/mol. The summed E-state index contributed by atoms with van der Waals surface area (Å²) in [6, 6.07) is 7.45. The molecular weight excluding hydrogens is 304 g/mol. The number of nitrogens with zero attached hydrogens (tertiary/aromatic N) is 2. The van der Waals surface area contributed by atoms with Crippen molar-refractivity contribution in [2.24, 2.45) is 5.41 Å². The van der Waals surface area contributed by atoms with Gasteiger partial charge in [-0.3, -0.25) is 4.79 Å². The first kappa shape index (κ1) is 16.5. The lowest BCUT2D eigenvalue weighted by atomic mass is 9.75. The Kier molecular flexibility index (Phi) is 3.87. The minimum Gasteiger partial charge on any atom is -0.444 e. The molecule has 5 nitrogen and oxygen atoms in total. The van der Waals surface area contributed by atoms with Crippen LogP contribution in [0.5, 0.6) is 0 Å². The van der Waals surface area contributed by atoms with Gasteiger partial charge in [-0.2, -0.15) is 5.26 Å². The summed E-state index contributed by atoms with van der Waals surface area (Å²) in [6.45, 7) is 6.60. The van der Waals surface area contributed by atoms with E-state index in [2.05, 4.69) is 6.07 Å². The number of carbonyl (C=O) groups is 2. The van der Waals surface area contributed by atoms with Crippen LogP contribution in [-0.2, 0) is 11.2 Å². The highest BCUT2D eigenvalue weighted by Crippen LogP contribution is 2.44. The van der Waals surface area contributed by atoms with E-state index in [0.29, 0.717) is 43.5 Å². The third-order valence-electron chi connectivity index (χ3n) is 4.87. The standard InChI is InChI=1S/C19H22N2O3/c1-18(2,3)24-17(23)21-8-6-19(7-9-21)11-14-5-4-13(12-20)10-15(14)16(19)22/h4-5,10H,6-9,11H2,1-3H3. The third-order valence-corrected chi connectivity index (χ3v) is 4.87. The van der Waals surface area contributed by atoms with E-state index >= 15 is 0 Å². The fourth-order valence-corrected chi connectivity index (χ4v) is 3.59. The number of hydrogen-bond donors (Lipinski definition) is 0. The van der Waals surface area contributed by atoms with Gasteiger partial charge in [0.1, 0.15) is 5.60 Å². The van der Waals surface area contributed by atoms with Gasteiger partial charge in [-0.05, 0) is 57.7 Å². The van der Waals surface area contributed by atoms with Crippen molar-refractivity contribution in [1.29, 1.82) is 5.26 Å². The molecular formula is C19H22N2O3. The maximum Gasteiger partial charge on any atom is 0.410 e. The Bertz CT molecular complexity index is 732. The SMILES string of the molecule is CC(C)(C)OC(=O)N1CCC2(CC1)Cc1ccc(C#N)cc1C2=O. The molecule has 2 aliphatic rings. The summed E-state index contributed by atoms with van der Waals surface area (Å²) in [5.41, 5.74) is 1.28. The fraction of sp³-hybridized carbons (Fsp3) is 0.526. The zero-order valence-corrected chi connectivity index (χ0v) is 14.4. The van der Waals surface area contributed by atoms with Gasteiger partial charge in [0.25, 0.3) is 0 Å². The van der Waals surface area contributed by atoms with Crippen LogP contribution in [-0.4, -0.2) is 35.5 Å². The van der Waals surface area contributed by atoms with E-state index in [1.54, 1.807) is 17.0 Å². The van der Waals surface area contributed by atoms with Gasteiger partial charge >= 0.3 is 6.09 Å². The van der Waals surface area contributed by atoms with Gasteiger partial charge in [-0.1, -0.05) is 6.07 Å². The van der Waals surface area contributed by atoms with Crippen molar-refractivity contribution in [3.05, 3.63) is 34.9 Å². The summed E-state index contributed by atoms with van der Waals surface area (Å²) in [5, 5.41) is 9.03. The molecule has 1 aliphatic heterocycles. The molecule has 1 aliphatic carbocycles. The molecule has 1 saturated heterocycles. The summed E-state index contributed by atoms with van der Waals surface area (Å²) >= 11 is 0. The number of hydrogen-bond acceptors (Lipinski definition) is 4. The molecule has 0 aromatic heterocycles. The molecule has 5 heteroatoms. The molecule has 1 spiro atoms. The molecule has 1 heterocycles. The number of carbonyl (C=O) groups excluding carboxylic acids is 2. The van der Waals surface area contributed by atoms with Crippen LogP contribution < -0.4 is 0 Å². The van der Waals surface area contributed by atoms with Gasteiger partial charge in [0.05, 0.1) is 11.6 Å². The maximum absolute atomic E-state index is 12.9. The summed E-state index contributed by atoms with van der Waals surface area (Å²) in [4.78, 5) is 26.8. The Morgan fingerprint density at radius 1 is 1.29 bits per heavy atom. The van der Waals surface area contributed by atoms with Crippen molar-refractivity contribution in [1.82, 2.24) is 4.90 Å². The van der Waals surface area contributed by atoms with Crippen molar-refractivity contribution in [3.63, 3.8) is 0 Å². The molecule has 0 N–H and O–H groups in total. The van der Waals surface area contributed by atoms with Crippen LogP contribution in [0.4, 0.5) is 4.79 Å². The van der Waals surface area contributed by atoms with Crippen LogP contribution in [0.1, 0.15) is 55.1 Å². The minimum absolute atomic E-state index is 0.124. The molecule has 1 aromatic carbocycles. The molecule has 0 atom stereocenters. The normalized spacial score (nSPS) is 19.1. The number of likely N-dealkylation sites (tertiary alicyclic amines) is 1. The number of piperidine rings is 1. The van der Waals surface area contributed by atoms with Gasteiger partial charge in [0, 0.05) is 24.1 Å². The van der Waals surface area contributed by atoms with Crippen molar-refractivity contribution >= 4 is 11.9 Å². The minimum atomic E-state index is -0.515. The lowest BCUT2D eigenvalue weighted by molar-refractivity contribution is 0.0114. The maximum atomic E-state index is 12.9. The highest BCUT2D eigenvalue weighted by atomic mass is 16.6. The number of ketones is 1. The van der Waals surface area contributed by atoms with Crippen molar-refractivity contribution in [3.8, 4) is 6.07 Å². The van der Waals surface area contributed by atoms with Crippen LogP contribution in [0.3, 0.4) is 0 Å². The molecule has 24 heavy (non-hydrogen) atoms. The molecule has 126 valence electrons. The number of amides is 1. The summed E-state index contributed by atoms with van der Waals surface area (Å²) in [6.07, 6.45) is 1.67. The van der Waals surface area contributed by atoms with Gasteiger partial charge in [0.15, 0.2) is 5.78 Å². The number of Topliss-reactive ketones (excluding diaryl/α,β-unsaturated/α-hetero) is 1. The van der Waals surface area contributed by atoms with E-state index in [-0.39, 0.29) is 11.9 Å². The molecule has 1 aromatic rings. The van der Waals surface area contributed by atoms with Crippen LogP contribution in [0, 0.1) is 16.7 Å². The first-order valence-electron chi connectivity index (χ1n) is 8.30. The number of ether oxygens (including phenoxy) is 1. The van der Waals surface area contributed by atoms with Gasteiger partial charge < -0.3 is 9.64 Å². The predicted octanol–water partition coefficient (Wildman–Crippen LogP) is 3.31. The second-order valence-electron chi connectivity index (χ2n) is 7.74. The zero-order chi connectivity index (χ0) is 17.5. The number of benzene rings is 1. The van der Waals surface area contributed by atoms with E-state index < -0.39 is 11.0 Å². The van der Waals surface area contributed by atoms with Gasteiger partial charge in [-0.15, -0.1) is 0 Å². The average molecular weight is 326 g/mol. The molecule has 0 unspecified atom stereocenters. The first-order valence-corrected chi connectivity index (χ1v) is 8.30. The van der Waals surface area contributed by atoms with Gasteiger partial charge in [-0.25, -0.2) is 4.79 Å². The molecule has 0 radical (unpaired) electrons. The van der Waals surface area contributed by atoms with Crippen molar-refractivity contribution in [2.75, 3.05) is 13.1 Å². The first-order chi connectivity index (χ1) is 11.2. The third kappa shape index (κ3) is 2.89. The Morgan fingerprint density at radius 3 is 2.54 bits per heavy atom. The van der Waals surface area contributed by atoms with Crippen molar-refractivity contribution < 1.29 is 14.3 Å². The number of rotatable bonds is 0. The van der Waals surface area contributed by atoms with Crippen LogP contribution in [0.15, 0.2) is 18.2 Å². The fourth-order valence-electron chi connectivity index (χ4n) is 3.59. The van der Waals surface area contributed by atoms with Crippen molar-refractivity contribution in [2.45, 2.75) is 45.6 Å². The highest BCUT2D eigenvalue weighted by Gasteiger charge is 2.47. The molecule has 0 saturated carbocycles. The molecule has 0 bridgehead atoms. The summed E-state index contributed by atoms with van der Waals surface area (Å²) in [7, 11) is 0. The lowest BCUT2D eigenvalue weighted by Gasteiger charge is -2.38. The second kappa shape index (κ2) is 5.62. The number of fused-ring (bicyclic) bond motifs is 1. The topological polar surface area (TPSA) is 70.4 Å². The number of nitriles is 1. The zero-order valence-electron chi connectivity index (χ0n) is 14.4.